The van der Waals surface area contributed by atoms with Gasteiger partial charge in [0, 0.05) is 16.6 Å². The van der Waals surface area contributed by atoms with E-state index in [0.29, 0.717) is 0 Å². The van der Waals surface area contributed by atoms with Gasteiger partial charge in [-0.15, -0.1) is 11.3 Å². The molecule has 29 heavy (non-hydrogen) atoms. The van der Waals surface area contributed by atoms with Crippen LogP contribution in [0, 0.1) is 6.92 Å². The third kappa shape index (κ3) is 3.32. The Morgan fingerprint density at radius 1 is 1.03 bits per heavy atom. The number of rotatable bonds is 4. The fraction of sp³-hybridized carbons (Fsp3) is 0.280. The molecule has 1 aliphatic carbocycles. The number of para-hydroxylation sites is 1. The summed E-state index contributed by atoms with van der Waals surface area (Å²) in [5, 5.41) is 7.00. The molecule has 2 aromatic heterocycles. The van der Waals surface area contributed by atoms with Crippen molar-refractivity contribution in [2.24, 2.45) is 0 Å². The number of thiophene rings is 1. The lowest BCUT2D eigenvalue weighted by Gasteiger charge is -2.17. The summed E-state index contributed by atoms with van der Waals surface area (Å²) in [6, 6.07) is 13.4. The van der Waals surface area contributed by atoms with Crippen LogP contribution < -0.4 is 5.32 Å². The van der Waals surface area contributed by atoms with Crippen LogP contribution in [-0.4, -0.2) is 9.97 Å². The van der Waals surface area contributed by atoms with Crippen LogP contribution in [0.4, 0.5) is 11.5 Å². The standard InChI is InChI=1S/C25H25N3S/c1-3-17-10-6-7-16(2)23(17)28-24-22-21(14-29-25(22)27-15-26-24)20-12-11-18-8-4-5-9-19(18)13-20/h6-7,10-15H,3-5,8-9H2,1-2H3,(H,26,27,28). The second-order valence-electron chi connectivity index (χ2n) is 7.83. The zero-order valence-electron chi connectivity index (χ0n) is 17.0. The van der Waals surface area contributed by atoms with E-state index in [0.717, 1.165) is 28.1 Å². The van der Waals surface area contributed by atoms with E-state index in [1.807, 2.05) is 0 Å². The van der Waals surface area contributed by atoms with Crippen LogP contribution in [0.2, 0.25) is 0 Å². The molecule has 0 bridgehead atoms. The van der Waals surface area contributed by atoms with Gasteiger partial charge in [-0.3, -0.25) is 0 Å². The molecule has 1 N–H and O–H groups in total. The lowest BCUT2D eigenvalue weighted by atomic mass is 9.89. The molecule has 4 heteroatoms. The van der Waals surface area contributed by atoms with Crippen molar-refractivity contribution in [3.8, 4) is 11.1 Å². The van der Waals surface area contributed by atoms with Gasteiger partial charge in [-0.05, 0) is 66.8 Å². The van der Waals surface area contributed by atoms with Crippen LogP contribution in [-0.2, 0) is 19.3 Å². The summed E-state index contributed by atoms with van der Waals surface area (Å²) in [6.07, 6.45) is 7.66. The van der Waals surface area contributed by atoms with Crippen LogP contribution in [0.1, 0.15) is 42.0 Å². The monoisotopic (exact) mass is 399 g/mol. The van der Waals surface area contributed by atoms with Crippen molar-refractivity contribution in [1.82, 2.24) is 9.97 Å². The first-order valence-electron chi connectivity index (χ1n) is 10.4. The van der Waals surface area contributed by atoms with E-state index in [-0.39, 0.29) is 0 Å². The predicted octanol–water partition coefficient (Wildman–Crippen LogP) is 6.85. The average Bonchev–Trinajstić information content (AvgIpc) is 3.20. The number of anilines is 2. The van der Waals surface area contributed by atoms with E-state index in [2.05, 4.69) is 70.9 Å². The Balaban J connectivity index is 1.63. The summed E-state index contributed by atoms with van der Waals surface area (Å²) in [7, 11) is 0. The number of nitrogens with one attached hydrogen (secondary N) is 1. The molecule has 3 nitrogen and oxygen atoms in total. The van der Waals surface area contributed by atoms with Gasteiger partial charge in [0.25, 0.3) is 0 Å². The lowest BCUT2D eigenvalue weighted by molar-refractivity contribution is 0.686. The van der Waals surface area contributed by atoms with Crippen LogP contribution in [0.15, 0.2) is 48.1 Å². The topological polar surface area (TPSA) is 37.8 Å². The maximum Gasteiger partial charge on any atom is 0.143 e. The number of hydrogen-bond donors (Lipinski definition) is 1. The first kappa shape index (κ1) is 18.3. The van der Waals surface area contributed by atoms with E-state index in [4.69, 9.17) is 0 Å². The minimum atomic E-state index is 0.896. The Bertz CT molecular complexity index is 1190. The van der Waals surface area contributed by atoms with Gasteiger partial charge in [-0.1, -0.05) is 43.3 Å². The third-order valence-corrected chi connectivity index (χ3v) is 6.90. The van der Waals surface area contributed by atoms with Crippen LogP contribution in [0.3, 0.4) is 0 Å². The quantitative estimate of drug-likeness (QED) is 0.408. The highest BCUT2D eigenvalue weighted by molar-refractivity contribution is 7.17. The van der Waals surface area contributed by atoms with Crippen molar-refractivity contribution < 1.29 is 0 Å². The average molecular weight is 400 g/mol. The lowest BCUT2D eigenvalue weighted by Crippen LogP contribution is -2.02. The van der Waals surface area contributed by atoms with Crippen LogP contribution >= 0.6 is 11.3 Å². The zero-order chi connectivity index (χ0) is 19.8. The SMILES string of the molecule is CCc1cccc(C)c1Nc1ncnc2scc(-c3ccc4c(c3)CCCC4)c12. The molecule has 0 saturated carbocycles. The van der Waals surface area contributed by atoms with E-state index in [9.17, 15) is 0 Å². The van der Waals surface area contributed by atoms with Gasteiger partial charge in [0.05, 0.1) is 5.39 Å². The second kappa shape index (κ2) is 7.60. The molecule has 0 amide bonds. The molecule has 2 aromatic carbocycles. The molecule has 5 rings (SSSR count). The van der Waals surface area contributed by atoms with Crippen molar-refractivity contribution >= 4 is 33.1 Å². The molecule has 146 valence electrons. The first-order valence-corrected chi connectivity index (χ1v) is 11.3. The summed E-state index contributed by atoms with van der Waals surface area (Å²) in [5.74, 6) is 0.896. The third-order valence-electron chi connectivity index (χ3n) is 6.01. The maximum absolute atomic E-state index is 4.65. The highest BCUT2D eigenvalue weighted by Gasteiger charge is 2.17. The molecule has 1 aliphatic rings. The van der Waals surface area contributed by atoms with Crippen molar-refractivity contribution in [2.45, 2.75) is 46.0 Å². The largest absolute Gasteiger partial charge is 0.339 e. The van der Waals surface area contributed by atoms with Gasteiger partial charge >= 0.3 is 0 Å². The molecule has 0 saturated heterocycles. The Morgan fingerprint density at radius 2 is 1.90 bits per heavy atom. The number of aromatic nitrogens is 2. The second-order valence-corrected chi connectivity index (χ2v) is 8.69. The summed E-state index contributed by atoms with van der Waals surface area (Å²) < 4.78 is 0. The fourth-order valence-electron chi connectivity index (χ4n) is 4.40. The molecule has 0 spiro atoms. The Labute approximate surface area is 175 Å². The minimum Gasteiger partial charge on any atom is -0.339 e. The van der Waals surface area contributed by atoms with E-state index < -0.39 is 0 Å². The van der Waals surface area contributed by atoms with Gasteiger partial charge < -0.3 is 5.32 Å². The summed E-state index contributed by atoms with van der Waals surface area (Å²) in [5.41, 5.74) is 9.23. The zero-order valence-corrected chi connectivity index (χ0v) is 17.8. The van der Waals surface area contributed by atoms with Crippen LogP contribution in [0.5, 0.6) is 0 Å². The van der Waals surface area contributed by atoms with Crippen molar-refractivity contribution in [1.29, 1.82) is 0 Å². The number of fused-ring (bicyclic) bond motifs is 2. The summed E-state index contributed by atoms with van der Waals surface area (Å²) in [6.45, 7) is 4.34. The maximum atomic E-state index is 4.65. The summed E-state index contributed by atoms with van der Waals surface area (Å²) in [4.78, 5) is 10.2. The fourth-order valence-corrected chi connectivity index (χ4v) is 5.32. The Hall–Kier alpha value is -2.72. The van der Waals surface area contributed by atoms with Gasteiger partial charge in [0.1, 0.15) is 17.0 Å². The molecule has 0 aliphatic heterocycles. The highest BCUT2D eigenvalue weighted by Crippen LogP contribution is 2.39. The molecule has 0 unspecified atom stereocenters. The number of benzene rings is 2. The van der Waals surface area contributed by atoms with Gasteiger partial charge in [0.15, 0.2) is 0 Å². The van der Waals surface area contributed by atoms with Gasteiger partial charge in [0.2, 0.25) is 0 Å². The van der Waals surface area contributed by atoms with E-state index in [1.54, 1.807) is 17.7 Å². The normalized spacial score (nSPS) is 13.4. The molecule has 0 radical (unpaired) electrons. The molecule has 2 heterocycles. The van der Waals surface area contributed by atoms with E-state index >= 15 is 0 Å². The molecule has 4 aromatic rings. The Kier molecular flexibility index (Phi) is 4.80. The van der Waals surface area contributed by atoms with E-state index in [1.165, 1.54) is 59.1 Å². The van der Waals surface area contributed by atoms with Crippen molar-refractivity contribution in [3.05, 3.63) is 70.4 Å². The number of hydrogen-bond acceptors (Lipinski definition) is 4. The number of aryl methyl sites for hydroxylation is 4. The minimum absolute atomic E-state index is 0.896. The Morgan fingerprint density at radius 3 is 2.76 bits per heavy atom. The predicted molar refractivity (Wildman–Crippen MR) is 123 cm³/mol. The van der Waals surface area contributed by atoms with Crippen molar-refractivity contribution in [2.75, 3.05) is 5.32 Å². The number of nitrogens with zero attached hydrogens (tertiary/aromatic N) is 2. The van der Waals surface area contributed by atoms with Gasteiger partial charge in [-0.25, -0.2) is 9.97 Å². The van der Waals surface area contributed by atoms with Crippen LogP contribution in [0.25, 0.3) is 21.3 Å². The van der Waals surface area contributed by atoms with Gasteiger partial charge in [-0.2, -0.15) is 0 Å². The first-order chi connectivity index (χ1) is 14.2. The molecular formula is C25H25N3S. The molecular weight excluding hydrogens is 374 g/mol. The van der Waals surface area contributed by atoms with Crippen molar-refractivity contribution in [3.63, 3.8) is 0 Å². The summed E-state index contributed by atoms with van der Waals surface area (Å²) >= 11 is 1.69. The smallest absolute Gasteiger partial charge is 0.143 e. The molecule has 0 fully saturated rings. The highest BCUT2D eigenvalue weighted by atomic mass is 32.1. The molecule has 0 atom stereocenters.